The van der Waals surface area contributed by atoms with E-state index in [1.165, 1.54) is 5.56 Å². The lowest BCUT2D eigenvalue weighted by atomic mass is 10.0. The van der Waals surface area contributed by atoms with Crippen molar-refractivity contribution in [3.05, 3.63) is 29.8 Å². The van der Waals surface area contributed by atoms with Gasteiger partial charge in [-0.1, -0.05) is 19.1 Å². The zero-order valence-corrected chi connectivity index (χ0v) is 12.5. The minimum Gasteiger partial charge on any atom is -0.494 e. The van der Waals surface area contributed by atoms with E-state index in [9.17, 15) is 0 Å². The molecule has 112 valence electrons. The van der Waals surface area contributed by atoms with Crippen molar-refractivity contribution >= 4 is 0 Å². The first-order valence-electron chi connectivity index (χ1n) is 7.48. The van der Waals surface area contributed by atoms with Gasteiger partial charge in [-0.15, -0.1) is 0 Å². The maximum atomic E-state index is 5.98. The molecule has 1 aliphatic heterocycles. The van der Waals surface area contributed by atoms with Gasteiger partial charge in [-0.3, -0.25) is 4.90 Å². The van der Waals surface area contributed by atoms with Gasteiger partial charge in [0, 0.05) is 25.2 Å². The van der Waals surface area contributed by atoms with Crippen LogP contribution in [-0.2, 0) is 4.74 Å². The number of benzene rings is 1. The van der Waals surface area contributed by atoms with Gasteiger partial charge in [0.25, 0.3) is 0 Å². The molecule has 4 heteroatoms. The molecule has 1 aromatic carbocycles. The summed E-state index contributed by atoms with van der Waals surface area (Å²) in [7, 11) is 2.14. The topological polar surface area (TPSA) is 47.7 Å². The van der Waals surface area contributed by atoms with Crippen LogP contribution in [0.1, 0.15) is 31.4 Å². The van der Waals surface area contributed by atoms with Crippen molar-refractivity contribution in [2.75, 3.05) is 33.4 Å². The molecule has 4 nitrogen and oxygen atoms in total. The molecule has 2 N–H and O–H groups in total. The van der Waals surface area contributed by atoms with E-state index in [-0.39, 0.29) is 6.04 Å². The molecule has 0 bridgehead atoms. The lowest BCUT2D eigenvalue weighted by molar-refractivity contribution is 0.134. The van der Waals surface area contributed by atoms with E-state index in [1.807, 2.05) is 12.1 Å². The maximum Gasteiger partial charge on any atom is 0.119 e. The van der Waals surface area contributed by atoms with Crippen molar-refractivity contribution in [1.82, 2.24) is 4.90 Å². The monoisotopic (exact) mass is 278 g/mol. The van der Waals surface area contributed by atoms with E-state index in [0.29, 0.717) is 12.6 Å². The number of hydrogen-bond acceptors (Lipinski definition) is 4. The van der Waals surface area contributed by atoms with E-state index < -0.39 is 0 Å². The molecule has 0 saturated carbocycles. The lowest BCUT2D eigenvalue weighted by Gasteiger charge is -2.31. The second-order valence-electron chi connectivity index (χ2n) is 5.35. The van der Waals surface area contributed by atoms with Crippen molar-refractivity contribution in [3.63, 3.8) is 0 Å². The number of nitrogens with two attached hydrogens (primary N) is 1. The Balaban J connectivity index is 2.02. The summed E-state index contributed by atoms with van der Waals surface area (Å²) in [6.45, 7) is 5.15. The van der Waals surface area contributed by atoms with Crippen LogP contribution < -0.4 is 10.5 Å². The highest BCUT2D eigenvalue weighted by Crippen LogP contribution is 2.25. The maximum absolute atomic E-state index is 5.98. The zero-order chi connectivity index (χ0) is 14.4. The first-order valence-corrected chi connectivity index (χ1v) is 7.48. The van der Waals surface area contributed by atoms with Crippen molar-refractivity contribution in [1.29, 1.82) is 0 Å². The van der Waals surface area contributed by atoms with Gasteiger partial charge in [0.15, 0.2) is 0 Å². The quantitative estimate of drug-likeness (QED) is 0.830. The van der Waals surface area contributed by atoms with Gasteiger partial charge in [-0.25, -0.2) is 0 Å². The molecule has 0 aliphatic carbocycles. The van der Waals surface area contributed by atoms with E-state index in [4.69, 9.17) is 15.2 Å². The van der Waals surface area contributed by atoms with E-state index >= 15 is 0 Å². The van der Waals surface area contributed by atoms with Crippen LogP contribution in [-0.4, -0.2) is 44.4 Å². The van der Waals surface area contributed by atoms with Gasteiger partial charge in [-0.05, 0) is 37.6 Å². The van der Waals surface area contributed by atoms with Crippen LogP contribution in [0.25, 0.3) is 0 Å². The standard InChI is InChI=1S/C16H26N2O2/c1-3-9-20-15-6-4-13(5-7-15)16(11-17)18(2)14-8-10-19-12-14/h4-7,14,16H,3,8-12,17H2,1-2H3. The predicted octanol–water partition coefficient (Wildman–Crippen LogP) is 2.20. The normalized spacial score (nSPS) is 20.3. The highest BCUT2D eigenvalue weighted by Gasteiger charge is 2.26. The molecule has 0 radical (unpaired) electrons. The van der Waals surface area contributed by atoms with Gasteiger partial charge < -0.3 is 15.2 Å². The molecule has 1 aromatic rings. The zero-order valence-electron chi connectivity index (χ0n) is 12.5. The summed E-state index contributed by atoms with van der Waals surface area (Å²) in [5.74, 6) is 0.929. The van der Waals surface area contributed by atoms with Crippen LogP contribution in [0.2, 0.25) is 0 Å². The minimum atomic E-state index is 0.238. The summed E-state index contributed by atoms with van der Waals surface area (Å²) in [6.07, 6.45) is 2.11. The van der Waals surface area contributed by atoms with Crippen LogP contribution in [0.4, 0.5) is 0 Å². The van der Waals surface area contributed by atoms with Gasteiger partial charge >= 0.3 is 0 Å². The fourth-order valence-corrected chi connectivity index (χ4v) is 2.64. The molecular formula is C16H26N2O2. The largest absolute Gasteiger partial charge is 0.494 e. The molecule has 0 spiro atoms. The molecule has 2 atom stereocenters. The lowest BCUT2D eigenvalue weighted by Crippen LogP contribution is -2.38. The molecule has 1 fully saturated rings. The summed E-state index contributed by atoms with van der Waals surface area (Å²) in [5, 5.41) is 0. The average molecular weight is 278 g/mol. The Bertz CT molecular complexity index is 388. The van der Waals surface area contributed by atoms with E-state index in [0.717, 1.165) is 38.4 Å². The highest BCUT2D eigenvalue weighted by molar-refractivity contribution is 5.29. The van der Waals surface area contributed by atoms with Crippen LogP contribution in [0.5, 0.6) is 5.75 Å². The molecule has 2 rings (SSSR count). The molecule has 20 heavy (non-hydrogen) atoms. The Hall–Kier alpha value is -1.10. The Kier molecular flexibility index (Phi) is 5.83. The molecular weight excluding hydrogens is 252 g/mol. The van der Waals surface area contributed by atoms with Crippen LogP contribution in [0.3, 0.4) is 0 Å². The third-order valence-corrected chi connectivity index (χ3v) is 3.93. The third-order valence-electron chi connectivity index (χ3n) is 3.93. The molecule has 1 aliphatic rings. The third kappa shape index (κ3) is 3.72. The van der Waals surface area contributed by atoms with Crippen molar-refractivity contribution < 1.29 is 9.47 Å². The highest BCUT2D eigenvalue weighted by atomic mass is 16.5. The van der Waals surface area contributed by atoms with Crippen LogP contribution in [0, 0.1) is 0 Å². The smallest absolute Gasteiger partial charge is 0.119 e. The van der Waals surface area contributed by atoms with Crippen molar-refractivity contribution in [2.45, 2.75) is 31.8 Å². The fourth-order valence-electron chi connectivity index (χ4n) is 2.64. The number of hydrogen-bond donors (Lipinski definition) is 1. The van der Waals surface area contributed by atoms with E-state index in [2.05, 4.69) is 31.0 Å². The molecule has 0 amide bonds. The SMILES string of the molecule is CCCOc1ccc(C(CN)N(C)C2CCOC2)cc1. The molecule has 1 saturated heterocycles. The van der Waals surface area contributed by atoms with Crippen LogP contribution in [0.15, 0.2) is 24.3 Å². The number of likely N-dealkylation sites (N-methyl/N-ethyl adjacent to an activating group) is 1. The molecule has 1 heterocycles. The van der Waals surface area contributed by atoms with Crippen molar-refractivity contribution in [2.24, 2.45) is 5.73 Å². The van der Waals surface area contributed by atoms with Gasteiger partial charge in [0.1, 0.15) is 5.75 Å². The first kappa shape index (κ1) is 15.3. The average Bonchev–Trinajstić information content (AvgIpc) is 3.01. The molecule has 0 aromatic heterocycles. The summed E-state index contributed by atoms with van der Waals surface area (Å²) in [5.41, 5.74) is 7.22. The summed E-state index contributed by atoms with van der Waals surface area (Å²) in [4.78, 5) is 2.34. The Labute approximate surface area is 121 Å². The molecule has 2 unspecified atom stereocenters. The first-order chi connectivity index (χ1) is 9.76. The second-order valence-corrected chi connectivity index (χ2v) is 5.35. The second kappa shape index (κ2) is 7.62. The van der Waals surface area contributed by atoms with Gasteiger partial charge in [0.05, 0.1) is 13.2 Å². The van der Waals surface area contributed by atoms with Gasteiger partial charge in [0.2, 0.25) is 0 Å². The summed E-state index contributed by atoms with van der Waals surface area (Å²) in [6, 6.07) is 9.02. The fraction of sp³-hybridized carbons (Fsp3) is 0.625. The predicted molar refractivity (Wildman–Crippen MR) is 81.0 cm³/mol. The minimum absolute atomic E-state index is 0.238. The number of rotatable bonds is 7. The summed E-state index contributed by atoms with van der Waals surface area (Å²) < 4.78 is 11.1. The summed E-state index contributed by atoms with van der Waals surface area (Å²) >= 11 is 0. The number of ether oxygens (including phenoxy) is 2. The Morgan fingerprint density at radius 2 is 2.15 bits per heavy atom. The number of nitrogens with zero attached hydrogens (tertiary/aromatic N) is 1. The van der Waals surface area contributed by atoms with E-state index in [1.54, 1.807) is 0 Å². The Morgan fingerprint density at radius 1 is 1.40 bits per heavy atom. The van der Waals surface area contributed by atoms with Crippen LogP contribution >= 0.6 is 0 Å². The van der Waals surface area contributed by atoms with Crippen molar-refractivity contribution in [3.8, 4) is 5.75 Å². The van der Waals surface area contributed by atoms with Gasteiger partial charge in [-0.2, -0.15) is 0 Å². The Morgan fingerprint density at radius 3 is 2.70 bits per heavy atom.